The van der Waals surface area contributed by atoms with Gasteiger partial charge in [0.2, 0.25) is 0 Å². The van der Waals surface area contributed by atoms with E-state index in [9.17, 15) is 14.4 Å². The molecule has 4 rings (SSSR count). The van der Waals surface area contributed by atoms with Gasteiger partial charge in [0.05, 0.1) is 5.69 Å². The molecule has 0 unspecified atom stereocenters. The predicted molar refractivity (Wildman–Crippen MR) is 128 cm³/mol. The van der Waals surface area contributed by atoms with Gasteiger partial charge in [-0.05, 0) is 51.3 Å². The lowest BCUT2D eigenvalue weighted by atomic mass is 9.93. The van der Waals surface area contributed by atoms with E-state index in [1.807, 2.05) is 32.9 Å². The maximum absolute atomic E-state index is 12.8. The number of aromatic amines is 1. The lowest BCUT2D eigenvalue weighted by Crippen LogP contribution is -2.41. The van der Waals surface area contributed by atoms with Crippen LogP contribution in [0.25, 0.3) is 5.65 Å². The van der Waals surface area contributed by atoms with Crippen molar-refractivity contribution in [3.05, 3.63) is 68.7 Å². The summed E-state index contributed by atoms with van der Waals surface area (Å²) in [5, 5.41) is 6.29. The summed E-state index contributed by atoms with van der Waals surface area (Å²) < 4.78 is 6.71. The monoisotopic (exact) mass is 485 g/mol. The minimum absolute atomic E-state index is 0.0104. The summed E-state index contributed by atoms with van der Waals surface area (Å²) in [6, 6.07) is 8.68. The highest BCUT2D eigenvalue weighted by molar-refractivity contribution is 6.30. The van der Waals surface area contributed by atoms with Crippen LogP contribution in [0.5, 0.6) is 0 Å². The number of nitrogens with zero attached hydrogens (tertiary/aromatic N) is 3. The quantitative estimate of drug-likeness (QED) is 0.585. The van der Waals surface area contributed by atoms with Gasteiger partial charge in [-0.3, -0.25) is 14.7 Å². The van der Waals surface area contributed by atoms with Crippen molar-refractivity contribution in [2.24, 2.45) is 0 Å². The van der Waals surface area contributed by atoms with Gasteiger partial charge in [0.1, 0.15) is 11.2 Å². The fraction of sp³-hybridized carbons (Fsp3) is 0.417. The van der Waals surface area contributed by atoms with Crippen molar-refractivity contribution < 1.29 is 14.3 Å². The zero-order chi connectivity index (χ0) is 24.5. The zero-order valence-electron chi connectivity index (χ0n) is 19.4. The maximum atomic E-state index is 12.8. The molecule has 2 amide bonds. The molecule has 0 atom stereocenters. The summed E-state index contributed by atoms with van der Waals surface area (Å²) in [5.74, 6) is -0.325. The van der Waals surface area contributed by atoms with Gasteiger partial charge in [-0.25, -0.2) is 14.3 Å². The van der Waals surface area contributed by atoms with Crippen LogP contribution < -0.4 is 10.9 Å². The highest BCUT2D eigenvalue weighted by Crippen LogP contribution is 2.27. The van der Waals surface area contributed by atoms with E-state index in [1.165, 1.54) is 16.8 Å². The molecule has 3 aromatic rings. The van der Waals surface area contributed by atoms with Gasteiger partial charge in [0, 0.05) is 42.8 Å². The molecule has 0 radical (unpaired) electrons. The molecule has 180 valence electrons. The number of carbonyl (C=O) groups is 2. The molecule has 1 fully saturated rings. The van der Waals surface area contributed by atoms with Gasteiger partial charge in [-0.2, -0.15) is 0 Å². The molecule has 1 aliphatic heterocycles. The maximum Gasteiger partial charge on any atom is 0.410 e. The minimum atomic E-state index is -0.548. The largest absolute Gasteiger partial charge is 0.444 e. The van der Waals surface area contributed by atoms with E-state index < -0.39 is 5.60 Å². The van der Waals surface area contributed by atoms with Crippen molar-refractivity contribution in [1.82, 2.24) is 24.8 Å². The molecule has 0 spiro atoms. The molecular weight excluding hydrogens is 458 g/mol. The molecule has 0 aliphatic carbocycles. The number of aromatic nitrogens is 3. The Morgan fingerprint density at radius 1 is 1.21 bits per heavy atom. The molecule has 3 heterocycles. The third-order valence-corrected chi connectivity index (χ3v) is 5.95. The molecule has 2 aromatic heterocycles. The number of fused-ring (bicyclic) bond motifs is 1. The van der Waals surface area contributed by atoms with Crippen LogP contribution in [0.2, 0.25) is 5.02 Å². The standard InChI is InChI=1S/C24H28ClN5O4/c1-24(2,3)34-23(33)29-10-8-16(9-11-29)19-12-20(31)30-21(28-19)18(14-27-30)22(32)26-13-15-4-6-17(25)7-5-15/h4-7,12,14,16,27H,8-11,13H2,1-3H3,(H,26,32). The van der Waals surface area contributed by atoms with E-state index in [-0.39, 0.29) is 29.1 Å². The second kappa shape index (κ2) is 9.50. The number of amides is 2. The Balaban J connectivity index is 1.47. The average molecular weight is 486 g/mol. The normalized spacial score (nSPS) is 14.9. The molecule has 9 nitrogen and oxygen atoms in total. The average Bonchev–Trinajstić information content (AvgIpc) is 3.22. The first-order chi connectivity index (χ1) is 16.1. The molecule has 10 heteroatoms. The van der Waals surface area contributed by atoms with E-state index in [2.05, 4.69) is 15.4 Å². The Labute approximate surface area is 202 Å². The summed E-state index contributed by atoms with van der Waals surface area (Å²) in [6.07, 6.45) is 2.46. The summed E-state index contributed by atoms with van der Waals surface area (Å²) in [7, 11) is 0. The lowest BCUT2D eigenvalue weighted by Gasteiger charge is -2.33. The molecule has 1 saturated heterocycles. The van der Waals surface area contributed by atoms with Crippen LogP contribution in [0.3, 0.4) is 0 Å². The number of ether oxygens (including phenoxy) is 1. The first-order valence-electron chi connectivity index (χ1n) is 11.2. The van der Waals surface area contributed by atoms with E-state index in [0.717, 1.165) is 5.56 Å². The number of nitrogens with one attached hydrogen (secondary N) is 2. The number of H-pyrrole nitrogens is 1. The minimum Gasteiger partial charge on any atom is -0.444 e. The first-order valence-corrected chi connectivity index (χ1v) is 11.6. The summed E-state index contributed by atoms with van der Waals surface area (Å²) >= 11 is 5.91. The highest BCUT2D eigenvalue weighted by atomic mass is 35.5. The number of benzene rings is 1. The predicted octanol–water partition coefficient (Wildman–Crippen LogP) is 3.72. The highest BCUT2D eigenvalue weighted by Gasteiger charge is 2.29. The van der Waals surface area contributed by atoms with Gasteiger partial charge >= 0.3 is 6.09 Å². The fourth-order valence-corrected chi connectivity index (χ4v) is 4.07. The van der Waals surface area contributed by atoms with Crippen molar-refractivity contribution >= 4 is 29.2 Å². The Bertz CT molecular complexity index is 1250. The van der Waals surface area contributed by atoms with Crippen LogP contribution >= 0.6 is 11.6 Å². The molecule has 0 bridgehead atoms. The fourth-order valence-electron chi connectivity index (χ4n) is 3.94. The number of hydrogen-bond donors (Lipinski definition) is 2. The Morgan fingerprint density at radius 2 is 1.88 bits per heavy atom. The number of carbonyl (C=O) groups excluding carboxylic acids is 2. The van der Waals surface area contributed by atoms with Crippen LogP contribution in [0.1, 0.15) is 61.1 Å². The number of rotatable bonds is 4. The van der Waals surface area contributed by atoms with Gasteiger partial charge in [-0.15, -0.1) is 0 Å². The Kier molecular flexibility index (Phi) is 6.65. The van der Waals surface area contributed by atoms with Crippen molar-refractivity contribution in [2.45, 2.75) is 51.7 Å². The molecule has 1 aromatic carbocycles. The van der Waals surface area contributed by atoms with Crippen LogP contribution in [0.4, 0.5) is 4.79 Å². The van der Waals surface area contributed by atoms with Crippen molar-refractivity contribution in [1.29, 1.82) is 0 Å². The van der Waals surface area contributed by atoms with Crippen LogP contribution in [-0.2, 0) is 11.3 Å². The molecule has 34 heavy (non-hydrogen) atoms. The molecule has 1 aliphatic rings. The SMILES string of the molecule is CC(C)(C)OC(=O)N1CCC(c2cc(=O)n3[nH]cc(C(=O)NCc4ccc(Cl)cc4)c3n2)CC1. The lowest BCUT2D eigenvalue weighted by molar-refractivity contribution is 0.0204. The molecule has 2 N–H and O–H groups in total. The number of likely N-dealkylation sites (tertiary alicyclic amines) is 1. The van der Waals surface area contributed by atoms with Gasteiger partial charge in [0.15, 0.2) is 5.65 Å². The van der Waals surface area contributed by atoms with Crippen molar-refractivity contribution in [3.8, 4) is 0 Å². The molecular formula is C24H28ClN5O4. The number of halogens is 1. The van der Waals surface area contributed by atoms with E-state index >= 15 is 0 Å². The third-order valence-electron chi connectivity index (χ3n) is 5.69. The van der Waals surface area contributed by atoms with E-state index in [4.69, 9.17) is 16.3 Å². The Morgan fingerprint density at radius 3 is 2.53 bits per heavy atom. The van der Waals surface area contributed by atoms with E-state index in [0.29, 0.717) is 48.8 Å². The summed E-state index contributed by atoms with van der Waals surface area (Å²) in [4.78, 5) is 44.2. The first kappa shape index (κ1) is 23.8. The van der Waals surface area contributed by atoms with Crippen LogP contribution in [-0.4, -0.2) is 50.2 Å². The summed E-state index contributed by atoms with van der Waals surface area (Å²) in [5.41, 5.74) is 1.27. The second-order valence-electron chi connectivity index (χ2n) is 9.42. The van der Waals surface area contributed by atoms with Crippen molar-refractivity contribution in [2.75, 3.05) is 13.1 Å². The zero-order valence-corrected chi connectivity index (χ0v) is 20.2. The second-order valence-corrected chi connectivity index (χ2v) is 9.85. The van der Waals surface area contributed by atoms with Gasteiger partial charge in [0.25, 0.3) is 11.5 Å². The third kappa shape index (κ3) is 5.41. The van der Waals surface area contributed by atoms with Crippen LogP contribution in [0.15, 0.2) is 41.3 Å². The van der Waals surface area contributed by atoms with Gasteiger partial charge in [-0.1, -0.05) is 23.7 Å². The van der Waals surface area contributed by atoms with Crippen LogP contribution in [0, 0.1) is 0 Å². The van der Waals surface area contributed by atoms with Crippen molar-refractivity contribution in [3.63, 3.8) is 0 Å². The van der Waals surface area contributed by atoms with E-state index in [1.54, 1.807) is 17.0 Å². The molecule has 0 saturated carbocycles. The smallest absolute Gasteiger partial charge is 0.410 e. The topological polar surface area (TPSA) is 109 Å². The van der Waals surface area contributed by atoms with Gasteiger partial charge < -0.3 is 15.0 Å². The Hall–Kier alpha value is -3.33. The summed E-state index contributed by atoms with van der Waals surface area (Å²) in [6.45, 7) is 6.86. The number of hydrogen-bond acceptors (Lipinski definition) is 5. The number of piperidine rings is 1.